The van der Waals surface area contributed by atoms with E-state index >= 15 is 0 Å². The summed E-state index contributed by atoms with van der Waals surface area (Å²) in [5, 5.41) is 0. The second kappa shape index (κ2) is 6.51. The second-order valence-electron chi connectivity index (χ2n) is 5.31. The molecular formula is C17H15F3N2O2. The number of allylic oxidation sites excluding steroid dienone is 2. The summed E-state index contributed by atoms with van der Waals surface area (Å²) >= 11 is 0. The average molecular weight is 336 g/mol. The Kier molecular flexibility index (Phi) is 4.42. The van der Waals surface area contributed by atoms with E-state index in [0.717, 1.165) is 18.6 Å². The molecule has 0 unspecified atom stereocenters. The minimum Gasteiger partial charge on any atom is -0.496 e. The minimum absolute atomic E-state index is 0.168. The lowest BCUT2D eigenvalue weighted by Gasteiger charge is -2.08. The van der Waals surface area contributed by atoms with Gasteiger partial charge in [0.1, 0.15) is 11.3 Å². The zero-order valence-electron chi connectivity index (χ0n) is 12.9. The van der Waals surface area contributed by atoms with Crippen molar-refractivity contribution >= 4 is 22.9 Å². The molecule has 24 heavy (non-hydrogen) atoms. The Morgan fingerprint density at radius 2 is 2.12 bits per heavy atom. The maximum absolute atomic E-state index is 12.8. The third kappa shape index (κ3) is 3.50. The second-order valence-corrected chi connectivity index (χ2v) is 5.31. The van der Waals surface area contributed by atoms with E-state index in [1.165, 1.54) is 6.07 Å². The molecule has 1 aliphatic rings. The summed E-state index contributed by atoms with van der Waals surface area (Å²) in [4.78, 5) is 8.26. The van der Waals surface area contributed by atoms with Gasteiger partial charge < -0.3 is 9.15 Å². The number of benzene rings is 1. The van der Waals surface area contributed by atoms with Crippen LogP contribution in [-0.2, 0) is 10.9 Å². The SMILES string of the molecule is CCCOC1=CN=CC=C(c2nc3cc(C(F)(F)F)ccc3o2)C1. The highest BCUT2D eigenvalue weighted by Crippen LogP contribution is 2.33. The summed E-state index contributed by atoms with van der Waals surface area (Å²) in [6, 6.07) is 3.25. The van der Waals surface area contributed by atoms with E-state index in [2.05, 4.69) is 9.98 Å². The third-order valence-corrected chi connectivity index (χ3v) is 3.43. The summed E-state index contributed by atoms with van der Waals surface area (Å²) in [7, 11) is 0. The number of aliphatic imine (C=N–C) groups is 1. The summed E-state index contributed by atoms with van der Waals surface area (Å²) in [6.07, 6.45) is 1.78. The first-order valence-electron chi connectivity index (χ1n) is 7.49. The fourth-order valence-electron chi connectivity index (χ4n) is 2.26. The summed E-state index contributed by atoms with van der Waals surface area (Å²) < 4.78 is 49.6. The highest BCUT2D eigenvalue weighted by Gasteiger charge is 2.31. The first-order valence-corrected chi connectivity index (χ1v) is 7.49. The summed E-state index contributed by atoms with van der Waals surface area (Å²) in [5.41, 5.74) is 0.420. The van der Waals surface area contributed by atoms with Crippen LogP contribution in [0.1, 0.15) is 31.2 Å². The van der Waals surface area contributed by atoms with Gasteiger partial charge in [-0.1, -0.05) is 6.92 Å². The average Bonchev–Trinajstić information content (AvgIpc) is 2.82. The Labute approximate surface area is 136 Å². The van der Waals surface area contributed by atoms with Crippen molar-refractivity contribution in [2.24, 2.45) is 4.99 Å². The van der Waals surface area contributed by atoms with Gasteiger partial charge in [-0.05, 0) is 30.7 Å². The Morgan fingerprint density at radius 3 is 2.88 bits per heavy atom. The molecule has 3 rings (SSSR count). The van der Waals surface area contributed by atoms with Crippen LogP contribution in [-0.4, -0.2) is 17.8 Å². The first kappa shape index (κ1) is 16.3. The molecule has 2 aromatic rings. The van der Waals surface area contributed by atoms with Gasteiger partial charge in [-0.2, -0.15) is 13.2 Å². The van der Waals surface area contributed by atoms with E-state index in [4.69, 9.17) is 9.15 Å². The van der Waals surface area contributed by atoms with Gasteiger partial charge >= 0.3 is 6.18 Å². The summed E-state index contributed by atoms with van der Waals surface area (Å²) in [6.45, 7) is 2.56. The van der Waals surface area contributed by atoms with Crippen molar-refractivity contribution in [3.63, 3.8) is 0 Å². The lowest BCUT2D eigenvalue weighted by atomic mass is 10.1. The van der Waals surface area contributed by atoms with Crippen molar-refractivity contribution in [1.82, 2.24) is 4.98 Å². The maximum Gasteiger partial charge on any atom is 0.416 e. The topological polar surface area (TPSA) is 47.6 Å². The van der Waals surface area contributed by atoms with Gasteiger partial charge in [0.05, 0.1) is 18.4 Å². The third-order valence-electron chi connectivity index (χ3n) is 3.43. The van der Waals surface area contributed by atoms with Crippen molar-refractivity contribution < 1.29 is 22.3 Å². The zero-order valence-corrected chi connectivity index (χ0v) is 12.9. The van der Waals surface area contributed by atoms with E-state index in [1.54, 1.807) is 18.5 Å². The number of rotatable bonds is 4. The number of nitrogens with zero attached hydrogens (tertiary/aromatic N) is 2. The van der Waals surface area contributed by atoms with Gasteiger partial charge in [0.2, 0.25) is 5.89 Å². The van der Waals surface area contributed by atoms with E-state index in [9.17, 15) is 13.2 Å². The van der Waals surface area contributed by atoms with E-state index in [0.29, 0.717) is 29.9 Å². The Morgan fingerprint density at radius 1 is 1.29 bits per heavy atom. The predicted molar refractivity (Wildman–Crippen MR) is 84.4 cm³/mol. The molecule has 0 saturated heterocycles. The quantitative estimate of drug-likeness (QED) is 0.792. The molecule has 0 saturated carbocycles. The van der Waals surface area contributed by atoms with Crippen molar-refractivity contribution in [1.29, 1.82) is 0 Å². The van der Waals surface area contributed by atoms with Crippen LogP contribution >= 0.6 is 0 Å². The van der Waals surface area contributed by atoms with Crippen LogP contribution in [0.2, 0.25) is 0 Å². The molecule has 7 heteroatoms. The van der Waals surface area contributed by atoms with E-state index < -0.39 is 11.7 Å². The Bertz CT molecular complexity index is 832. The van der Waals surface area contributed by atoms with Crippen molar-refractivity contribution in [2.45, 2.75) is 25.9 Å². The highest BCUT2D eigenvalue weighted by molar-refractivity contribution is 5.86. The number of hydrogen-bond acceptors (Lipinski definition) is 4. The van der Waals surface area contributed by atoms with Crippen molar-refractivity contribution in [3.05, 3.63) is 47.7 Å². The molecule has 1 aliphatic heterocycles. The number of alkyl halides is 3. The Balaban J connectivity index is 1.90. The predicted octanol–water partition coefficient (Wildman–Crippen LogP) is 4.97. The maximum atomic E-state index is 12.8. The molecule has 126 valence electrons. The number of fused-ring (bicyclic) bond motifs is 1. The summed E-state index contributed by atoms with van der Waals surface area (Å²) in [5.74, 6) is 0.929. The molecule has 0 bridgehead atoms. The standard InChI is InChI=1S/C17H15F3N2O2/c1-2-7-23-13-8-11(5-6-21-10-13)16-22-14-9-12(17(18,19)20)3-4-15(14)24-16/h3-6,9-10H,2,7-8H2,1H3. The van der Waals surface area contributed by atoms with E-state index in [-0.39, 0.29) is 11.4 Å². The molecule has 2 heterocycles. The van der Waals surface area contributed by atoms with Crippen LogP contribution < -0.4 is 0 Å². The molecule has 0 aliphatic carbocycles. The fourth-order valence-corrected chi connectivity index (χ4v) is 2.26. The lowest BCUT2D eigenvalue weighted by Crippen LogP contribution is -2.03. The van der Waals surface area contributed by atoms with Gasteiger partial charge in [-0.3, -0.25) is 4.99 Å². The number of halogens is 3. The number of ether oxygens (including phenoxy) is 1. The molecule has 4 nitrogen and oxygen atoms in total. The molecular weight excluding hydrogens is 321 g/mol. The number of hydrogen-bond donors (Lipinski definition) is 0. The molecule has 1 aromatic heterocycles. The van der Waals surface area contributed by atoms with Gasteiger partial charge in [-0.25, -0.2) is 4.98 Å². The van der Waals surface area contributed by atoms with Crippen molar-refractivity contribution in [2.75, 3.05) is 6.61 Å². The molecule has 1 aromatic carbocycles. The van der Waals surface area contributed by atoms with Crippen LogP contribution in [0, 0.1) is 0 Å². The van der Waals surface area contributed by atoms with Crippen LogP contribution in [0.4, 0.5) is 13.2 Å². The smallest absolute Gasteiger partial charge is 0.416 e. The normalized spacial score (nSPS) is 15.2. The molecule has 0 fully saturated rings. The van der Waals surface area contributed by atoms with Crippen LogP contribution in [0.25, 0.3) is 16.7 Å². The van der Waals surface area contributed by atoms with Gasteiger partial charge in [0.15, 0.2) is 5.58 Å². The number of oxazole rings is 1. The first-order chi connectivity index (χ1) is 11.5. The van der Waals surface area contributed by atoms with Crippen LogP contribution in [0.3, 0.4) is 0 Å². The molecule has 0 amide bonds. The lowest BCUT2D eigenvalue weighted by molar-refractivity contribution is -0.137. The minimum atomic E-state index is -4.41. The number of aromatic nitrogens is 1. The van der Waals surface area contributed by atoms with Crippen molar-refractivity contribution in [3.8, 4) is 0 Å². The highest BCUT2D eigenvalue weighted by atomic mass is 19.4. The zero-order chi connectivity index (χ0) is 17.2. The van der Waals surface area contributed by atoms with Crippen LogP contribution in [0.15, 0.2) is 45.6 Å². The molecule has 0 spiro atoms. The largest absolute Gasteiger partial charge is 0.496 e. The van der Waals surface area contributed by atoms with Crippen LogP contribution in [0.5, 0.6) is 0 Å². The molecule has 0 N–H and O–H groups in total. The Hall–Kier alpha value is -2.57. The van der Waals surface area contributed by atoms with Gasteiger partial charge in [0.25, 0.3) is 0 Å². The molecule has 0 radical (unpaired) electrons. The van der Waals surface area contributed by atoms with Gasteiger partial charge in [-0.15, -0.1) is 0 Å². The monoisotopic (exact) mass is 336 g/mol. The van der Waals surface area contributed by atoms with E-state index in [1.807, 2.05) is 6.92 Å². The van der Waals surface area contributed by atoms with Gasteiger partial charge in [0, 0.05) is 18.2 Å². The fraction of sp³-hybridized carbons (Fsp3) is 0.294. The molecule has 0 atom stereocenters.